The van der Waals surface area contributed by atoms with Crippen molar-refractivity contribution in [3.05, 3.63) is 44.9 Å². The van der Waals surface area contributed by atoms with E-state index in [1.54, 1.807) is 39.5 Å². The Balaban J connectivity index is 1.53. The molecule has 3 aromatic rings. The maximum Gasteiger partial charge on any atom is 0.350 e. The predicted octanol–water partition coefficient (Wildman–Crippen LogP) is 3.74. The number of carbonyl (C=O) groups is 2. The van der Waals surface area contributed by atoms with E-state index in [1.165, 1.54) is 11.3 Å². The average Bonchev–Trinajstić information content (AvgIpc) is 3.42. The number of carbonyl (C=O) groups excluding carboxylic acids is 2. The molecule has 35 heavy (non-hydrogen) atoms. The highest BCUT2D eigenvalue weighted by Crippen LogP contribution is 2.34. The van der Waals surface area contributed by atoms with Crippen molar-refractivity contribution in [1.82, 2.24) is 25.3 Å². The second kappa shape index (κ2) is 10.9. The first-order valence-corrected chi connectivity index (χ1v) is 12.5. The van der Waals surface area contributed by atoms with Gasteiger partial charge in [0.15, 0.2) is 5.13 Å². The van der Waals surface area contributed by atoms with Crippen LogP contribution in [0.2, 0.25) is 10.0 Å². The van der Waals surface area contributed by atoms with Crippen LogP contribution in [0.3, 0.4) is 0 Å². The first-order valence-electron chi connectivity index (χ1n) is 10.9. The summed E-state index contributed by atoms with van der Waals surface area (Å²) in [5, 5.41) is 4.15. The minimum absolute atomic E-state index is 0.193. The number of aromatic nitrogens is 4. The fourth-order valence-electron chi connectivity index (χ4n) is 3.84. The lowest BCUT2D eigenvalue weighted by Gasteiger charge is -2.37. The number of anilines is 1. The molecule has 1 saturated heterocycles. The van der Waals surface area contributed by atoms with Crippen molar-refractivity contribution in [1.29, 1.82) is 0 Å². The van der Waals surface area contributed by atoms with E-state index in [4.69, 9.17) is 37.7 Å². The third-order valence-corrected chi connectivity index (χ3v) is 7.66. The van der Waals surface area contributed by atoms with Crippen molar-refractivity contribution in [2.24, 2.45) is 0 Å². The molecule has 0 spiro atoms. The summed E-state index contributed by atoms with van der Waals surface area (Å²) in [5.74, 6) is -0.812. The van der Waals surface area contributed by atoms with Gasteiger partial charge in [-0.15, -0.1) is 0 Å². The van der Waals surface area contributed by atoms with Gasteiger partial charge in [-0.2, -0.15) is 0 Å². The minimum Gasteiger partial charge on any atom is -0.462 e. The van der Waals surface area contributed by atoms with E-state index in [9.17, 15) is 9.59 Å². The molecule has 0 saturated carbocycles. The summed E-state index contributed by atoms with van der Waals surface area (Å²) in [6, 6.07) is -0.258. The lowest BCUT2D eigenvalue weighted by atomic mass is 10.0. The minimum atomic E-state index is -0.459. The van der Waals surface area contributed by atoms with E-state index in [-0.39, 0.29) is 35.4 Å². The van der Waals surface area contributed by atoms with Gasteiger partial charge >= 0.3 is 5.97 Å². The SMILES string of the molecule is CCOC(=O)c1sc(N2CC[C@@H](NC(=O)c3[nH]c(C)c(Cl)c3Cl)[C@@H](OC)C2)nc1-c1cnccn1. The van der Waals surface area contributed by atoms with Gasteiger partial charge in [0, 0.05) is 38.3 Å². The van der Waals surface area contributed by atoms with Crippen LogP contribution in [0.5, 0.6) is 0 Å². The standard InChI is InChI=1S/C22H24Cl2N6O4S/c1-4-34-21(32)19-17(13-9-25-6-7-26-13)29-22(35-19)30-8-5-12(14(10-30)33-3)28-20(31)18-16(24)15(23)11(2)27-18/h6-7,9,12,14,27H,4-5,8,10H2,1-3H3,(H,28,31)/t12-,14+/m1/s1. The molecule has 13 heteroatoms. The number of piperidine rings is 1. The molecule has 1 aliphatic heterocycles. The molecule has 1 amide bonds. The van der Waals surface area contributed by atoms with Crippen molar-refractivity contribution < 1.29 is 19.1 Å². The van der Waals surface area contributed by atoms with Gasteiger partial charge in [-0.05, 0) is 20.3 Å². The first-order chi connectivity index (χ1) is 16.8. The van der Waals surface area contributed by atoms with Crippen LogP contribution in [0.4, 0.5) is 5.13 Å². The zero-order valence-corrected chi connectivity index (χ0v) is 21.6. The molecule has 2 atom stereocenters. The Labute approximate surface area is 216 Å². The van der Waals surface area contributed by atoms with Crippen LogP contribution in [0, 0.1) is 6.92 Å². The molecule has 0 unspecified atom stereocenters. The van der Waals surface area contributed by atoms with Crippen LogP contribution in [0.15, 0.2) is 18.6 Å². The number of ether oxygens (including phenoxy) is 2. The van der Waals surface area contributed by atoms with Gasteiger partial charge < -0.3 is 24.7 Å². The average molecular weight is 539 g/mol. The number of H-pyrrole nitrogens is 1. The molecule has 4 heterocycles. The molecule has 1 aliphatic rings. The van der Waals surface area contributed by atoms with Crippen LogP contribution in [0.25, 0.3) is 11.4 Å². The number of aryl methyl sites for hydroxylation is 1. The van der Waals surface area contributed by atoms with E-state index >= 15 is 0 Å². The number of halogens is 2. The molecule has 0 aliphatic carbocycles. The quantitative estimate of drug-likeness (QED) is 0.436. The maximum absolute atomic E-state index is 12.8. The van der Waals surface area contributed by atoms with Crippen LogP contribution < -0.4 is 10.2 Å². The molecule has 0 radical (unpaired) electrons. The number of esters is 1. The van der Waals surface area contributed by atoms with Crippen LogP contribution in [-0.2, 0) is 9.47 Å². The summed E-state index contributed by atoms with van der Waals surface area (Å²) in [5.41, 5.74) is 1.76. The molecule has 3 aromatic heterocycles. The van der Waals surface area contributed by atoms with Crippen LogP contribution in [-0.4, -0.2) is 70.8 Å². The number of amides is 1. The van der Waals surface area contributed by atoms with E-state index in [2.05, 4.69) is 20.3 Å². The second-order valence-electron chi connectivity index (χ2n) is 7.83. The zero-order valence-electron chi connectivity index (χ0n) is 19.3. The Morgan fingerprint density at radius 3 is 2.74 bits per heavy atom. The summed E-state index contributed by atoms with van der Waals surface area (Å²) < 4.78 is 10.9. The van der Waals surface area contributed by atoms with Crippen molar-refractivity contribution in [3.8, 4) is 11.4 Å². The van der Waals surface area contributed by atoms with E-state index < -0.39 is 5.97 Å². The van der Waals surface area contributed by atoms with E-state index in [1.807, 2.05) is 4.90 Å². The monoisotopic (exact) mass is 538 g/mol. The number of thiazole rings is 1. The Bertz CT molecular complexity index is 1220. The van der Waals surface area contributed by atoms with Crippen molar-refractivity contribution in [2.45, 2.75) is 32.4 Å². The van der Waals surface area contributed by atoms with E-state index in [0.717, 1.165) is 0 Å². The van der Waals surface area contributed by atoms with Gasteiger partial charge in [-0.25, -0.2) is 9.78 Å². The summed E-state index contributed by atoms with van der Waals surface area (Å²) in [4.78, 5) is 43.8. The van der Waals surface area contributed by atoms with Crippen molar-refractivity contribution in [2.75, 3.05) is 31.7 Å². The van der Waals surface area contributed by atoms with Gasteiger partial charge in [0.25, 0.3) is 5.91 Å². The predicted molar refractivity (Wildman–Crippen MR) is 134 cm³/mol. The molecule has 10 nitrogen and oxygen atoms in total. The number of methoxy groups -OCH3 is 1. The van der Waals surface area contributed by atoms with E-state index in [0.29, 0.717) is 51.6 Å². The highest BCUT2D eigenvalue weighted by Gasteiger charge is 2.34. The molecule has 186 valence electrons. The van der Waals surface area contributed by atoms with Crippen LogP contribution >= 0.6 is 34.5 Å². The Morgan fingerprint density at radius 1 is 1.31 bits per heavy atom. The molecular weight excluding hydrogens is 515 g/mol. The Kier molecular flexibility index (Phi) is 7.90. The fraction of sp³-hybridized carbons (Fsp3) is 0.409. The lowest BCUT2D eigenvalue weighted by Crippen LogP contribution is -2.55. The zero-order chi connectivity index (χ0) is 25.1. The van der Waals surface area contributed by atoms with Gasteiger partial charge in [0.1, 0.15) is 22.0 Å². The van der Waals surface area contributed by atoms with Gasteiger partial charge in [0.05, 0.1) is 35.0 Å². The third-order valence-electron chi connectivity index (χ3n) is 5.61. The Hall–Kier alpha value is -2.73. The smallest absolute Gasteiger partial charge is 0.350 e. The number of hydrogen-bond acceptors (Lipinski definition) is 9. The molecule has 1 fully saturated rings. The first kappa shape index (κ1) is 25.4. The highest BCUT2D eigenvalue weighted by atomic mass is 35.5. The third kappa shape index (κ3) is 5.27. The number of nitrogens with one attached hydrogen (secondary N) is 2. The molecule has 4 rings (SSSR count). The highest BCUT2D eigenvalue weighted by molar-refractivity contribution is 7.17. The van der Waals surface area contributed by atoms with Crippen molar-refractivity contribution in [3.63, 3.8) is 0 Å². The number of nitrogens with zero attached hydrogens (tertiary/aromatic N) is 4. The number of rotatable bonds is 7. The van der Waals surface area contributed by atoms with Gasteiger partial charge in [-0.3, -0.25) is 14.8 Å². The fourth-order valence-corrected chi connectivity index (χ4v) is 5.26. The molecule has 0 aromatic carbocycles. The molecule has 2 N–H and O–H groups in total. The van der Waals surface area contributed by atoms with Gasteiger partial charge in [0.2, 0.25) is 0 Å². The normalized spacial score (nSPS) is 17.9. The Morgan fingerprint density at radius 2 is 2.11 bits per heavy atom. The molecule has 0 bridgehead atoms. The second-order valence-corrected chi connectivity index (χ2v) is 9.56. The number of aromatic amines is 1. The largest absolute Gasteiger partial charge is 0.462 e. The maximum atomic E-state index is 12.8. The van der Waals surface area contributed by atoms with Crippen molar-refractivity contribution >= 4 is 51.5 Å². The topological polar surface area (TPSA) is 122 Å². The summed E-state index contributed by atoms with van der Waals surface area (Å²) in [7, 11) is 1.59. The van der Waals surface area contributed by atoms with Crippen LogP contribution in [0.1, 0.15) is 39.2 Å². The molecular formula is C22H24Cl2N6O4S. The summed E-state index contributed by atoms with van der Waals surface area (Å²) in [6.07, 6.45) is 4.92. The summed E-state index contributed by atoms with van der Waals surface area (Å²) >= 11 is 13.5. The summed E-state index contributed by atoms with van der Waals surface area (Å²) in [6.45, 7) is 4.78. The van der Waals surface area contributed by atoms with Gasteiger partial charge in [-0.1, -0.05) is 34.5 Å². The lowest BCUT2D eigenvalue weighted by molar-refractivity contribution is 0.0531. The number of hydrogen-bond donors (Lipinski definition) is 2.